The van der Waals surface area contributed by atoms with Crippen LogP contribution in [0.3, 0.4) is 0 Å². The number of aromatic amines is 1. The average molecular weight is 397 g/mol. The molecule has 0 radical (unpaired) electrons. The highest BCUT2D eigenvalue weighted by Crippen LogP contribution is 2.27. The minimum absolute atomic E-state index is 0.194. The fraction of sp³-hybridized carbons (Fsp3) is 0.467. The van der Waals surface area contributed by atoms with Gasteiger partial charge in [-0.3, -0.25) is 5.10 Å². The van der Waals surface area contributed by atoms with Crippen molar-refractivity contribution in [2.45, 2.75) is 26.3 Å². The molecule has 1 aromatic heterocycles. The number of halogens is 1. The Kier molecular flexibility index (Phi) is 4.17. The fourth-order valence-electron chi connectivity index (χ4n) is 2.63. The lowest BCUT2D eigenvalue weighted by atomic mass is 9.95. The van der Waals surface area contributed by atoms with E-state index in [2.05, 4.69) is 68.7 Å². The monoisotopic (exact) mass is 397 g/mol. The van der Waals surface area contributed by atoms with Gasteiger partial charge >= 0.3 is 0 Å². The first kappa shape index (κ1) is 14.8. The van der Waals surface area contributed by atoms with Crippen LogP contribution in [0, 0.1) is 16.4 Å². The second-order valence-electron chi connectivity index (χ2n) is 5.80. The molecule has 1 aliphatic rings. The SMILES string of the molecule is Cc1cccc(-c2nc(N3CCC(C)C(N)C3)n[nH]2)c1I. The number of aromatic nitrogens is 3. The number of nitrogens with zero attached hydrogens (tertiary/aromatic N) is 3. The Hall–Kier alpha value is -1.15. The topological polar surface area (TPSA) is 70.8 Å². The van der Waals surface area contributed by atoms with Crippen molar-refractivity contribution >= 4 is 28.5 Å². The molecule has 3 N–H and O–H groups in total. The van der Waals surface area contributed by atoms with Crippen LogP contribution in [0.15, 0.2) is 18.2 Å². The molecule has 1 aromatic carbocycles. The summed E-state index contributed by atoms with van der Waals surface area (Å²) in [5.41, 5.74) is 8.51. The average Bonchev–Trinajstić information content (AvgIpc) is 2.94. The molecule has 2 heterocycles. The van der Waals surface area contributed by atoms with Crippen LogP contribution in [0.1, 0.15) is 18.9 Å². The number of benzene rings is 1. The summed E-state index contributed by atoms with van der Waals surface area (Å²) in [5.74, 6) is 2.15. The highest BCUT2D eigenvalue weighted by atomic mass is 127. The van der Waals surface area contributed by atoms with Gasteiger partial charge < -0.3 is 10.6 Å². The van der Waals surface area contributed by atoms with E-state index >= 15 is 0 Å². The minimum Gasteiger partial charge on any atom is -0.338 e. The lowest BCUT2D eigenvalue weighted by Crippen LogP contribution is -2.48. The number of piperidine rings is 1. The van der Waals surface area contributed by atoms with Gasteiger partial charge in [-0.1, -0.05) is 25.1 Å². The Bertz CT molecular complexity index is 639. The molecule has 1 aliphatic heterocycles. The van der Waals surface area contributed by atoms with E-state index in [1.807, 2.05) is 6.07 Å². The smallest absolute Gasteiger partial charge is 0.245 e. The molecule has 0 amide bonds. The Labute approximate surface area is 138 Å². The first-order valence-electron chi connectivity index (χ1n) is 7.24. The Balaban J connectivity index is 1.85. The third-order valence-electron chi connectivity index (χ3n) is 4.22. The molecule has 21 heavy (non-hydrogen) atoms. The van der Waals surface area contributed by atoms with Gasteiger partial charge in [0, 0.05) is 28.3 Å². The molecule has 6 heteroatoms. The Morgan fingerprint density at radius 1 is 1.43 bits per heavy atom. The second-order valence-corrected chi connectivity index (χ2v) is 6.88. The zero-order chi connectivity index (χ0) is 15.0. The van der Waals surface area contributed by atoms with Gasteiger partial charge in [0.15, 0.2) is 5.82 Å². The maximum Gasteiger partial charge on any atom is 0.245 e. The van der Waals surface area contributed by atoms with Gasteiger partial charge in [0.1, 0.15) is 0 Å². The number of nitrogens with one attached hydrogen (secondary N) is 1. The van der Waals surface area contributed by atoms with E-state index in [1.54, 1.807) is 0 Å². The molecule has 2 unspecified atom stereocenters. The van der Waals surface area contributed by atoms with Crippen LogP contribution in [0.5, 0.6) is 0 Å². The molecule has 5 nitrogen and oxygen atoms in total. The van der Waals surface area contributed by atoms with Crippen molar-refractivity contribution in [2.75, 3.05) is 18.0 Å². The third kappa shape index (κ3) is 2.91. The minimum atomic E-state index is 0.194. The second kappa shape index (κ2) is 5.92. The van der Waals surface area contributed by atoms with Gasteiger partial charge in [0.25, 0.3) is 0 Å². The molecule has 0 aliphatic carbocycles. The van der Waals surface area contributed by atoms with Crippen LogP contribution in [-0.4, -0.2) is 34.3 Å². The number of rotatable bonds is 2. The van der Waals surface area contributed by atoms with E-state index in [4.69, 9.17) is 5.73 Å². The number of H-pyrrole nitrogens is 1. The lowest BCUT2D eigenvalue weighted by molar-refractivity contribution is 0.376. The summed E-state index contributed by atoms with van der Waals surface area (Å²) in [7, 11) is 0. The van der Waals surface area contributed by atoms with Crippen molar-refractivity contribution in [1.82, 2.24) is 15.2 Å². The number of anilines is 1. The largest absolute Gasteiger partial charge is 0.338 e. The summed E-state index contributed by atoms with van der Waals surface area (Å²) in [6.45, 7) is 6.11. The third-order valence-corrected chi connectivity index (χ3v) is 5.65. The Morgan fingerprint density at radius 2 is 2.24 bits per heavy atom. The van der Waals surface area contributed by atoms with Crippen molar-refractivity contribution in [1.29, 1.82) is 0 Å². The maximum absolute atomic E-state index is 6.16. The highest BCUT2D eigenvalue weighted by Gasteiger charge is 2.25. The lowest BCUT2D eigenvalue weighted by Gasteiger charge is -2.34. The van der Waals surface area contributed by atoms with Gasteiger partial charge in [-0.15, -0.1) is 5.10 Å². The van der Waals surface area contributed by atoms with Crippen molar-refractivity contribution in [3.8, 4) is 11.4 Å². The van der Waals surface area contributed by atoms with Crippen molar-refractivity contribution < 1.29 is 0 Å². The van der Waals surface area contributed by atoms with E-state index in [-0.39, 0.29) is 6.04 Å². The molecule has 112 valence electrons. The highest BCUT2D eigenvalue weighted by molar-refractivity contribution is 14.1. The molecule has 0 spiro atoms. The van der Waals surface area contributed by atoms with Crippen molar-refractivity contribution in [2.24, 2.45) is 11.7 Å². The molecular weight excluding hydrogens is 377 g/mol. The van der Waals surface area contributed by atoms with Crippen molar-refractivity contribution in [3.63, 3.8) is 0 Å². The molecule has 1 fully saturated rings. The van der Waals surface area contributed by atoms with E-state index in [9.17, 15) is 0 Å². The van der Waals surface area contributed by atoms with E-state index in [1.165, 1.54) is 9.13 Å². The fourth-order valence-corrected chi connectivity index (χ4v) is 3.24. The van der Waals surface area contributed by atoms with E-state index in [0.717, 1.165) is 36.8 Å². The molecule has 0 saturated carbocycles. The number of nitrogens with two attached hydrogens (primary N) is 1. The van der Waals surface area contributed by atoms with Crippen LogP contribution < -0.4 is 10.6 Å². The number of hydrogen-bond acceptors (Lipinski definition) is 4. The maximum atomic E-state index is 6.16. The summed E-state index contributed by atoms with van der Waals surface area (Å²) in [4.78, 5) is 6.84. The predicted octanol–water partition coefficient (Wildman–Crippen LogP) is 2.56. The van der Waals surface area contributed by atoms with Gasteiger partial charge in [-0.2, -0.15) is 4.98 Å². The molecule has 2 atom stereocenters. The van der Waals surface area contributed by atoms with Crippen LogP contribution in [0.4, 0.5) is 5.95 Å². The van der Waals surface area contributed by atoms with E-state index in [0.29, 0.717) is 5.92 Å². The molecule has 2 aromatic rings. The normalized spacial score (nSPS) is 22.6. The first-order valence-corrected chi connectivity index (χ1v) is 8.32. The van der Waals surface area contributed by atoms with Crippen LogP contribution in [0.2, 0.25) is 0 Å². The zero-order valence-electron chi connectivity index (χ0n) is 12.3. The van der Waals surface area contributed by atoms with Gasteiger partial charge in [0.05, 0.1) is 0 Å². The molecule has 3 rings (SSSR count). The van der Waals surface area contributed by atoms with Gasteiger partial charge in [0.2, 0.25) is 5.95 Å². The molecule has 0 bridgehead atoms. The molecule has 1 saturated heterocycles. The standard InChI is InChI=1S/C15H20IN5/c1-9-6-7-21(8-12(9)17)15-18-14(19-20-15)11-5-3-4-10(2)13(11)16/h3-5,9,12H,6-8,17H2,1-2H3,(H,18,19,20). The summed E-state index contributed by atoms with van der Waals surface area (Å²) in [5, 5.41) is 7.44. The number of hydrogen-bond donors (Lipinski definition) is 2. The predicted molar refractivity (Wildman–Crippen MR) is 93.2 cm³/mol. The van der Waals surface area contributed by atoms with Crippen molar-refractivity contribution in [3.05, 3.63) is 27.3 Å². The molecular formula is C15H20IN5. The number of aryl methyl sites for hydroxylation is 1. The van der Waals surface area contributed by atoms with Crippen LogP contribution in [-0.2, 0) is 0 Å². The zero-order valence-corrected chi connectivity index (χ0v) is 14.5. The van der Waals surface area contributed by atoms with E-state index < -0.39 is 0 Å². The van der Waals surface area contributed by atoms with Crippen LogP contribution in [0.25, 0.3) is 11.4 Å². The summed E-state index contributed by atoms with van der Waals surface area (Å²) >= 11 is 2.36. The Morgan fingerprint density at radius 3 is 3.00 bits per heavy atom. The van der Waals surface area contributed by atoms with Crippen LogP contribution >= 0.6 is 22.6 Å². The quantitative estimate of drug-likeness (QED) is 0.765. The first-order chi connectivity index (χ1) is 10.1. The summed E-state index contributed by atoms with van der Waals surface area (Å²) in [6.07, 6.45) is 1.09. The van der Waals surface area contributed by atoms with Gasteiger partial charge in [-0.05, 0) is 47.4 Å². The summed E-state index contributed by atoms with van der Waals surface area (Å²) < 4.78 is 1.21. The summed E-state index contributed by atoms with van der Waals surface area (Å²) in [6, 6.07) is 6.42. The van der Waals surface area contributed by atoms with Gasteiger partial charge in [-0.25, -0.2) is 0 Å².